The first-order chi connectivity index (χ1) is 13.6. The number of aromatic nitrogens is 3. The molecule has 0 bridgehead atoms. The molecule has 4 rings (SSSR count). The van der Waals surface area contributed by atoms with Crippen LogP contribution in [0.15, 0.2) is 41.8 Å². The number of hydrogen-bond donors (Lipinski definition) is 2. The standard InChI is InChI=1S/C22H30N6/c1-16-5-4-6-20-19(13-25-21(16)20)7-9-24-22(23-2)28-10-8-17(15-28)11-18-12-26-27(3)14-18/h4-6,12-14,17,25H,7-11,15H2,1-3H3,(H,23,24). The van der Waals surface area contributed by atoms with Crippen molar-refractivity contribution in [3.63, 3.8) is 0 Å². The van der Waals surface area contributed by atoms with Gasteiger partial charge in [0.25, 0.3) is 0 Å². The van der Waals surface area contributed by atoms with Gasteiger partial charge in [-0.1, -0.05) is 18.2 Å². The molecule has 0 amide bonds. The van der Waals surface area contributed by atoms with Crippen LogP contribution in [0.1, 0.15) is 23.1 Å². The molecule has 1 saturated heterocycles. The number of nitrogens with one attached hydrogen (secondary N) is 2. The first-order valence-corrected chi connectivity index (χ1v) is 10.1. The fraction of sp³-hybridized carbons (Fsp3) is 0.455. The molecule has 2 aromatic heterocycles. The maximum absolute atomic E-state index is 4.52. The quantitative estimate of drug-likeness (QED) is 0.530. The van der Waals surface area contributed by atoms with Crippen molar-refractivity contribution >= 4 is 16.9 Å². The van der Waals surface area contributed by atoms with Crippen molar-refractivity contribution in [3.05, 3.63) is 53.5 Å². The van der Waals surface area contributed by atoms with Crippen LogP contribution >= 0.6 is 0 Å². The lowest BCUT2D eigenvalue weighted by atomic mass is 10.0. The van der Waals surface area contributed by atoms with Crippen LogP contribution in [0, 0.1) is 12.8 Å². The van der Waals surface area contributed by atoms with Gasteiger partial charge >= 0.3 is 0 Å². The largest absolute Gasteiger partial charge is 0.361 e. The zero-order valence-electron chi connectivity index (χ0n) is 17.1. The van der Waals surface area contributed by atoms with Crippen LogP contribution in [0.25, 0.3) is 10.9 Å². The summed E-state index contributed by atoms with van der Waals surface area (Å²) in [6, 6.07) is 6.48. The molecule has 1 atom stereocenters. The summed E-state index contributed by atoms with van der Waals surface area (Å²) in [5, 5.41) is 9.18. The molecule has 0 saturated carbocycles. The third-order valence-corrected chi connectivity index (χ3v) is 5.77. The van der Waals surface area contributed by atoms with E-state index in [1.807, 2.05) is 25.0 Å². The molecule has 6 nitrogen and oxygen atoms in total. The molecule has 3 heterocycles. The van der Waals surface area contributed by atoms with E-state index >= 15 is 0 Å². The number of aromatic amines is 1. The molecule has 0 aliphatic carbocycles. The van der Waals surface area contributed by atoms with Gasteiger partial charge in [-0.25, -0.2) is 0 Å². The van der Waals surface area contributed by atoms with E-state index in [1.165, 1.54) is 34.0 Å². The Hall–Kier alpha value is -2.76. The number of likely N-dealkylation sites (tertiary alicyclic amines) is 1. The molecular weight excluding hydrogens is 348 g/mol. The second-order valence-electron chi connectivity index (χ2n) is 7.86. The average Bonchev–Trinajstić information content (AvgIpc) is 3.41. The molecular formula is C22H30N6. The van der Waals surface area contributed by atoms with Gasteiger partial charge in [-0.15, -0.1) is 0 Å². The van der Waals surface area contributed by atoms with E-state index in [2.05, 4.69) is 62.8 Å². The van der Waals surface area contributed by atoms with Crippen LogP contribution in [0.4, 0.5) is 0 Å². The maximum atomic E-state index is 4.52. The molecule has 2 N–H and O–H groups in total. The molecule has 6 heteroatoms. The number of para-hydroxylation sites is 1. The first kappa shape index (κ1) is 18.6. The minimum Gasteiger partial charge on any atom is -0.361 e. The predicted octanol–water partition coefficient (Wildman–Crippen LogP) is 2.89. The Kier molecular flexibility index (Phi) is 5.37. The van der Waals surface area contributed by atoms with Gasteiger partial charge in [0, 0.05) is 57.0 Å². The predicted molar refractivity (Wildman–Crippen MR) is 115 cm³/mol. The topological polar surface area (TPSA) is 61.2 Å². The van der Waals surface area contributed by atoms with Crippen LogP contribution in [0.5, 0.6) is 0 Å². The van der Waals surface area contributed by atoms with Crippen molar-refractivity contribution < 1.29 is 0 Å². The van der Waals surface area contributed by atoms with Gasteiger partial charge in [0.05, 0.1) is 6.20 Å². The Morgan fingerprint density at radius 1 is 1.39 bits per heavy atom. The number of rotatable bonds is 5. The summed E-state index contributed by atoms with van der Waals surface area (Å²) in [4.78, 5) is 10.3. The summed E-state index contributed by atoms with van der Waals surface area (Å²) >= 11 is 0. The molecule has 3 aromatic rings. The number of benzene rings is 1. The van der Waals surface area contributed by atoms with Crippen LogP contribution in [-0.2, 0) is 19.9 Å². The minimum atomic E-state index is 0.666. The van der Waals surface area contributed by atoms with Gasteiger partial charge in [0.15, 0.2) is 5.96 Å². The van der Waals surface area contributed by atoms with Crippen LogP contribution < -0.4 is 5.32 Å². The molecule has 0 spiro atoms. The highest BCUT2D eigenvalue weighted by molar-refractivity contribution is 5.86. The summed E-state index contributed by atoms with van der Waals surface area (Å²) in [6.07, 6.45) is 9.53. The number of guanidine groups is 1. The van der Waals surface area contributed by atoms with Crippen LogP contribution in [0.2, 0.25) is 0 Å². The number of aliphatic imine (C=N–C) groups is 1. The summed E-state index contributed by atoms with van der Waals surface area (Å²) in [6.45, 7) is 5.16. The van der Waals surface area contributed by atoms with Crippen molar-refractivity contribution in [2.75, 3.05) is 26.7 Å². The van der Waals surface area contributed by atoms with Gasteiger partial charge in [0.2, 0.25) is 0 Å². The van der Waals surface area contributed by atoms with Crippen molar-refractivity contribution in [1.29, 1.82) is 0 Å². The summed E-state index contributed by atoms with van der Waals surface area (Å²) in [5.41, 5.74) is 5.23. The van der Waals surface area contributed by atoms with Crippen molar-refractivity contribution in [2.24, 2.45) is 18.0 Å². The van der Waals surface area contributed by atoms with E-state index in [-0.39, 0.29) is 0 Å². The highest BCUT2D eigenvalue weighted by Crippen LogP contribution is 2.22. The number of hydrogen-bond acceptors (Lipinski definition) is 2. The Balaban J connectivity index is 1.30. The van der Waals surface area contributed by atoms with Crippen molar-refractivity contribution in [2.45, 2.75) is 26.2 Å². The normalized spacial score (nSPS) is 17.6. The molecule has 0 radical (unpaired) electrons. The van der Waals surface area contributed by atoms with E-state index in [9.17, 15) is 0 Å². The fourth-order valence-electron chi connectivity index (χ4n) is 4.31. The first-order valence-electron chi connectivity index (χ1n) is 10.1. The fourth-order valence-corrected chi connectivity index (χ4v) is 4.31. The molecule has 1 aromatic carbocycles. The molecule has 148 valence electrons. The van der Waals surface area contributed by atoms with Gasteiger partial charge in [-0.2, -0.15) is 5.10 Å². The van der Waals surface area contributed by atoms with Gasteiger partial charge in [-0.05, 0) is 48.8 Å². The second kappa shape index (κ2) is 8.09. The number of fused-ring (bicyclic) bond motifs is 1. The van der Waals surface area contributed by atoms with E-state index in [4.69, 9.17) is 0 Å². The summed E-state index contributed by atoms with van der Waals surface area (Å²) in [7, 11) is 3.86. The Labute approximate surface area is 166 Å². The molecule has 28 heavy (non-hydrogen) atoms. The Bertz CT molecular complexity index is 966. The molecule has 1 aliphatic rings. The van der Waals surface area contributed by atoms with Gasteiger partial charge in [0.1, 0.15) is 0 Å². The summed E-state index contributed by atoms with van der Waals surface area (Å²) in [5.74, 6) is 1.68. The second-order valence-corrected chi connectivity index (χ2v) is 7.86. The third kappa shape index (κ3) is 3.91. The van der Waals surface area contributed by atoms with Crippen molar-refractivity contribution in [3.8, 4) is 0 Å². The Morgan fingerprint density at radius 2 is 2.29 bits per heavy atom. The summed E-state index contributed by atoms with van der Waals surface area (Å²) < 4.78 is 1.88. The smallest absolute Gasteiger partial charge is 0.193 e. The lowest BCUT2D eigenvalue weighted by Gasteiger charge is -2.21. The highest BCUT2D eigenvalue weighted by atomic mass is 15.3. The van der Waals surface area contributed by atoms with Gasteiger partial charge in [-0.3, -0.25) is 9.67 Å². The van der Waals surface area contributed by atoms with E-state index in [0.717, 1.165) is 38.4 Å². The van der Waals surface area contributed by atoms with Crippen LogP contribution in [-0.4, -0.2) is 52.3 Å². The van der Waals surface area contributed by atoms with E-state index in [0.29, 0.717) is 5.92 Å². The Morgan fingerprint density at radius 3 is 3.07 bits per heavy atom. The van der Waals surface area contributed by atoms with E-state index in [1.54, 1.807) is 0 Å². The number of aryl methyl sites for hydroxylation is 2. The zero-order valence-corrected chi connectivity index (χ0v) is 17.1. The number of H-pyrrole nitrogens is 1. The van der Waals surface area contributed by atoms with E-state index < -0.39 is 0 Å². The monoisotopic (exact) mass is 378 g/mol. The molecule has 1 fully saturated rings. The number of nitrogens with zero attached hydrogens (tertiary/aromatic N) is 4. The molecule has 1 aliphatic heterocycles. The van der Waals surface area contributed by atoms with Crippen molar-refractivity contribution in [1.82, 2.24) is 25.0 Å². The lowest BCUT2D eigenvalue weighted by Crippen LogP contribution is -2.41. The minimum absolute atomic E-state index is 0.666. The van der Waals surface area contributed by atoms with Gasteiger partial charge < -0.3 is 15.2 Å². The highest BCUT2D eigenvalue weighted by Gasteiger charge is 2.25. The SMILES string of the molecule is CN=C(NCCc1c[nH]c2c(C)cccc12)N1CCC(Cc2cnn(C)c2)C1. The molecule has 1 unspecified atom stereocenters. The average molecular weight is 379 g/mol. The zero-order chi connectivity index (χ0) is 19.5. The maximum Gasteiger partial charge on any atom is 0.193 e. The van der Waals surface area contributed by atoms with Crippen LogP contribution in [0.3, 0.4) is 0 Å². The third-order valence-electron chi connectivity index (χ3n) is 5.77. The lowest BCUT2D eigenvalue weighted by molar-refractivity contribution is 0.460.